The molecule has 1 amide bonds. The smallest absolute Gasteiger partial charge is 0.240 e. The van der Waals surface area contributed by atoms with Gasteiger partial charge < -0.3 is 15.0 Å². The number of carbonyl (C=O) groups is 1. The predicted octanol–water partition coefficient (Wildman–Crippen LogP) is -0.742. The summed E-state index contributed by atoms with van der Waals surface area (Å²) < 4.78 is 28.9. The SMILES string of the molecule is CNC1CS(=O)(=O)CCN(CC2CCOCC2)C1=O. The van der Waals surface area contributed by atoms with Crippen LogP contribution in [0, 0.1) is 5.92 Å². The monoisotopic (exact) mass is 290 g/mol. The molecule has 1 N–H and O–H groups in total. The minimum Gasteiger partial charge on any atom is -0.381 e. The lowest BCUT2D eigenvalue weighted by atomic mass is 9.99. The summed E-state index contributed by atoms with van der Waals surface area (Å²) in [6.07, 6.45) is 1.89. The van der Waals surface area contributed by atoms with Gasteiger partial charge in [0.05, 0.1) is 11.5 Å². The van der Waals surface area contributed by atoms with Crippen LogP contribution < -0.4 is 5.32 Å². The fraction of sp³-hybridized carbons (Fsp3) is 0.917. The molecular formula is C12H22N2O4S. The molecule has 1 unspecified atom stereocenters. The Kier molecular flexibility index (Phi) is 4.81. The van der Waals surface area contributed by atoms with E-state index in [1.165, 1.54) is 0 Å². The van der Waals surface area contributed by atoms with Crippen molar-refractivity contribution >= 4 is 15.7 Å². The van der Waals surface area contributed by atoms with Crippen LogP contribution in [0.5, 0.6) is 0 Å². The number of amides is 1. The minimum atomic E-state index is -3.14. The second-order valence-electron chi connectivity index (χ2n) is 5.30. The standard InChI is InChI=1S/C12H22N2O4S/c1-13-11-9-19(16,17)7-4-14(12(11)15)8-10-2-5-18-6-3-10/h10-11,13H,2-9H2,1H3. The lowest BCUT2D eigenvalue weighted by Gasteiger charge is -2.30. The summed E-state index contributed by atoms with van der Waals surface area (Å²) >= 11 is 0. The number of rotatable bonds is 3. The van der Waals surface area contributed by atoms with Crippen LogP contribution in [-0.2, 0) is 19.4 Å². The van der Waals surface area contributed by atoms with E-state index in [9.17, 15) is 13.2 Å². The first-order valence-electron chi connectivity index (χ1n) is 6.76. The molecule has 0 aromatic heterocycles. The van der Waals surface area contributed by atoms with E-state index in [2.05, 4.69) is 5.32 Å². The van der Waals surface area contributed by atoms with Gasteiger partial charge in [-0.3, -0.25) is 4.79 Å². The second kappa shape index (κ2) is 6.19. The van der Waals surface area contributed by atoms with Crippen molar-refractivity contribution in [3.05, 3.63) is 0 Å². The number of carbonyl (C=O) groups excluding carboxylic acids is 1. The molecular weight excluding hydrogens is 268 g/mol. The first kappa shape index (κ1) is 14.7. The number of nitrogens with zero attached hydrogens (tertiary/aromatic N) is 1. The van der Waals surface area contributed by atoms with Crippen LogP contribution in [0.1, 0.15) is 12.8 Å². The molecule has 0 aromatic carbocycles. The van der Waals surface area contributed by atoms with Gasteiger partial charge in [-0.1, -0.05) is 0 Å². The number of hydrogen-bond acceptors (Lipinski definition) is 5. The van der Waals surface area contributed by atoms with Crippen LogP contribution in [0.2, 0.25) is 0 Å². The largest absolute Gasteiger partial charge is 0.381 e. The zero-order valence-electron chi connectivity index (χ0n) is 11.3. The highest BCUT2D eigenvalue weighted by Crippen LogP contribution is 2.18. The summed E-state index contributed by atoms with van der Waals surface area (Å²) in [4.78, 5) is 14.0. The van der Waals surface area contributed by atoms with Gasteiger partial charge >= 0.3 is 0 Å². The first-order valence-corrected chi connectivity index (χ1v) is 8.58. The summed E-state index contributed by atoms with van der Waals surface area (Å²) in [5, 5.41) is 2.82. The van der Waals surface area contributed by atoms with Crippen LogP contribution in [-0.4, -0.2) is 70.1 Å². The van der Waals surface area contributed by atoms with Crippen molar-refractivity contribution < 1.29 is 17.9 Å². The van der Waals surface area contributed by atoms with Gasteiger partial charge in [-0.25, -0.2) is 8.42 Å². The molecule has 2 aliphatic heterocycles. The molecule has 2 rings (SSSR count). The fourth-order valence-electron chi connectivity index (χ4n) is 2.62. The molecule has 0 saturated carbocycles. The summed E-state index contributed by atoms with van der Waals surface area (Å²) in [6, 6.07) is -0.604. The number of sulfone groups is 1. The van der Waals surface area contributed by atoms with Crippen molar-refractivity contribution in [1.29, 1.82) is 0 Å². The predicted molar refractivity (Wildman–Crippen MR) is 71.6 cm³/mol. The molecule has 110 valence electrons. The normalized spacial score (nSPS) is 29.2. The summed E-state index contributed by atoms with van der Waals surface area (Å²) in [7, 11) is -1.50. The third-order valence-electron chi connectivity index (χ3n) is 3.87. The number of nitrogens with one attached hydrogen (secondary N) is 1. The zero-order valence-corrected chi connectivity index (χ0v) is 12.1. The van der Waals surface area contributed by atoms with Gasteiger partial charge in [-0.2, -0.15) is 0 Å². The van der Waals surface area contributed by atoms with Crippen molar-refractivity contribution in [2.45, 2.75) is 18.9 Å². The lowest BCUT2D eigenvalue weighted by Crippen LogP contribution is -2.48. The van der Waals surface area contributed by atoms with Crippen molar-refractivity contribution in [2.24, 2.45) is 5.92 Å². The molecule has 0 spiro atoms. The third kappa shape index (κ3) is 3.90. The van der Waals surface area contributed by atoms with E-state index in [4.69, 9.17) is 4.74 Å². The van der Waals surface area contributed by atoms with Gasteiger partial charge in [-0.15, -0.1) is 0 Å². The molecule has 1 atom stereocenters. The average molecular weight is 290 g/mol. The Bertz CT molecular complexity index is 417. The molecule has 6 nitrogen and oxygen atoms in total. The molecule has 0 aromatic rings. The van der Waals surface area contributed by atoms with E-state index in [0.29, 0.717) is 19.0 Å². The number of ether oxygens (including phenoxy) is 1. The van der Waals surface area contributed by atoms with Crippen molar-refractivity contribution in [2.75, 3.05) is 44.9 Å². The summed E-state index contributed by atoms with van der Waals surface area (Å²) in [5.74, 6) is 0.318. The molecule has 2 aliphatic rings. The highest BCUT2D eigenvalue weighted by Gasteiger charge is 2.33. The molecule has 7 heteroatoms. The van der Waals surface area contributed by atoms with Crippen LogP contribution in [0.3, 0.4) is 0 Å². The van der Waals surface area contributed by atoms with Crippen LogP contribution in [0.4, 0.5) is 0 Å². The molecule has 0 radical (unpaired) electrons. The van der Waals surface area contributed by atoms with E-state index < -0.39 is 15.9 Å². The lowest BCUT2D eigenvalue weighted by molar-refractivity contribution is -0.133. The Morgan fingerprint density at radius 2 is 2.05 bits per heavy atom. The molecule has 2 fully saturated rings. The quantitative estimate of drug-likeness (QED) is 0.741. The highest BCUT2D eigenvalue weighted by molar-refractivity contribution is 7.91. The van der Waals surface area contributed by atoms with Gasteiger partial charge in [0, 0.05) is 26.3 Å². The van der Waals surface area contributed by atoms with Gasteiger partial charge in [0.15, 0.2) is 9.84 Å². The topological polar surface area (TPSA) is 75.7 Å². The van der Waals surface area contributed by atoms with Crippen molar-refractivity contribution in [3.63, 3.8) is 0 Å². The van der Waals surface area contributed by atoms with E-state index in [1.807, 2.05) is 0 Å². The van der Waals surface area contributed by atoms with Crippen LogP contribution >= 0.6 is 0 Å². The molecule has 0 aliphatic carbocycles. The van der Waals surface area contributed by atoms with Gasteiger partial charge in [0.1, 0.15) is 6.04 Å². The van der Waals surface area contributed by atoms with E-state index in [0.717, 1.165) is 26.1 Å². The maximum Gasteiger partial charge on any atom is 0.240 e. The van der Waals surface area contributed by atoms with E-state index in [-0.39, 0.29) is 17.4 Å². The Labute approximate surface area is 114 Å². The van der Waals surface area contributed by atoms with Crippen molar-refractivity contribution in [3.8, 4) is 0 Å². The fourth-order valence-corrected chi connectivity index (χ4v) is 4.10. The Morgan fingerprint density at radius 3 is 2.68 bits per heavy atom. The minimum absolute atomic E-state index is 0.0696. The second-order valence-corrected chi connectivity index (χ2v) is 7.52. The molecule has 2 saturated heterocycles. The summed E-state index contributed by atoms with van der Waals surface area (Å²) in [6.45, 7) is 2.44. The molecule has 2 heterocycles. The van der Waals surface area contributed by atoms with Gasteiger partial charge in [0.2, 0.25) is 5.91 Å². The van der Waals surface area contributed by atoms with Crippen LogP contribution in [0.25, 0.3) is 0 Å². The number of likely N-dealkylation sites (N-methyl/N-ethyl adjacent to an activating group) is 1. The zero-order chi connectivity index (χ0) is 13.9. The Balaban J connectivity index is 2.04. The molecule has 0 bridgehead atoms. The first-order chi connectivity index (χ1) is 9.02. The maximum absolute atomic E-state index is 12.3. The van der Waals surface area contributed by atoms with Gasteiger partial charge in [0.25, 0.3) is 0 Å². The third-order valence-corrected chi connectivity index (χ3v) is 5.52. The Morgan fingerprint density at radius 1 is 1.37 bits per heavy atom. The molecule has 19 heavy (non-hydrogen) atoms. The Hall–Kier alpha value is -0.660. The van der Waals surface area contributed by atoms with E-state index in [1.54, 1.807) is 11.9 Å². The van der Waals surface area contributed by atoms with Gasteiger partial charge in [-0.05, 0) is 25.8 Å². The average Bonchev–Trinajstić information content (AvgIpc) is 2.51. The number of hydrogen-bond donors (Lipinski definition) is 1. The van der Waals surface area contributed by atoms with Crippen molar-refractivity contribution in [1.82, 2.24) is 10.2 Å². The van der Waals surface area contributed by atoms with Crippen LogP contribution in [0.15, 0.2) is 0 Å². The summed E-state index contributed by atoms with van der Waals surface area (Å²) in [5.41, 5.74) is 0. The highest BCUT2D eigenvalue weighted by atomic mass is 32.2. The van der Waals surface area contributed by atoms with E-state index >= 15 is 0 Å². The maximum atomic E-state index is 12.3.